The third-order valence-corrected chi connectivity index (χ3v) is 2.85. The van der Waals surface area contributed by atoms with Gasteiger partial charge < -0.3 is 21.5 Å². The summed E-state index contributed by atoms with van der Waals surface area (Å²) >= 11 is 0. The van der Waals surface area contributed by atoms with Crippen LogP contribution in [0.4, 0.5) is 4.79 Å². The highest BCUT2D eigenvalue weighted by atomic mass is 16.4. The lowest BCUT2D eigenvalue weighted by Crippen LogP contribution is -2.45. The number of urea groups is 1. The average Bonchev–Trinajstić information content (AvgIpc) is 2.45. The second-order valence-corrected chi connectivity index (χ2v) is 4.49. The molecule has 0 aliphatic heterocycles. The maximum atomic E-state index is 11.7. The molecule has 6 nitrogen and oxygen atoms in total. The van der Waals surface area contributed by atoms with Crippen molar-refractivity contribution in [3.63, 3.8) is 0 Å². The van der Waals surface area contributed by atoms with E-state index in [1.54, 1.807) is 0 Å². The van der Waals surface area contributed by atoms with Crippen molar-refractivity contribution in [3.05, 3.63) is 35.9 Å². The first-order chi connectivity index (χ1) is 9.63. The number of amides is 2. The maximum absolute atomic E-state index is 11.7. The second-order valence-electron chi connectivity index (χ2n) is 4.49. The number of hydrogen-bond donors (Lipinski definition) is 4. The van der Waals surface area contributed by atoms with E-state index in [0.29, 0.717) is 25.9 Å². The lowest BCUT2D eigenvalue weighted by atomic mass is 10.1. The van der Waals surface area contributed by atoms with Crippen molar-refractivity contribution in [2.75, 3.05) is 6.54 Å². The highest BCUT2D eigenvalue weighted by Gasteiger charge is 2.18. The zero-order chi connectivity index (χ0) is 14.8. The van der Waals surface area contributed by atoms with Gasteiger partial charge in [-0.05, 0) is 31.4 Å². The van der Waals surface area contributed by atoms with Crippen molar-refractivity contribution in [1.82, 2.24) is 10.6 Å². The van der Waals surface area contributed by atoms with Crippen molar-refractivity contribution in [2.24, 2.45) is 5.73 Å². The van der Waals surface area contributed by atoms with Gasteiger partial charge in [-0.2, -0.15) is 0 Å². The Hall–Kier alpha value is -2.08. The Balaban J connectivity index is 2.36. The third kappa shape index (κ3) is 6.19. The van der Waals surface area contributed by atoms with E-state index in [2.05, 4.69) is 10.6 Å². The Morgan fingerprint density at radius 1 is 1.20 bits per heavy atom. The van der Waals surface area contributed by atoms with Crippen molar-refractivity contribution >= 4 is 12.0 Å². The molecule has 1 rings (SSSR count). The standard InChI is InChI=1S/C14H21N3O3/c15-9-5-4-8-12(13(18)19)17-14(20)16-10-11-6-2-1-3-7-11/h1-3,6-7,12H,4-5,8-10,15H2,(H,18,19)(H2,16,17,20)/t12-/m1/s1. The number of benzene rings is 1. The first-order valence-electron chi connectivity index (χ1n) is 6.64. The summed E-state index contributed by atoms with van der Waals surface area (Å²) in [4.78, 5) is 22.7. The van der Waals surface area contributed by atoms with Gasteiger partial charge in [-0.15, -0.1) is 0 Å². The van der Waals surface area contributed by atoms with Crippen LogP contribution in [0, 0.1) is 0 Å². The first kappa shape index (κ1) is 16.0. The van der Waals surface area contributed by atoms with E-state index in [1.807, 2.05) is 30.3 Å². The van der Waals surface area contributed by atoms with Gasteiger partial charge in [-0.1, -0.05) is 30.3 Å². The number of aliphatic carboxylic acids is 1. The lowest BCUT2D eigenvalue weighted by molar-refractivity contribution is -0.139. The summed E-state index contributed by atoms with van der Waals surface area (Å²) in [6.45, 7) is 0.883. The molecule has 110 valence electrons. The number of hydrogen-bond acceptors (Lipinski definition) is 3. The first-order valence-corrected chi connectivity index (χ1v) is 6.64. The van der Waals surface area contributed by atoms with Crippen molar-refractivity contribution < 1.29 is 14.7 Å². The summed E-state index contributed by atoms with van der Waals surface area (Å²) in [7, 11) is 0. The molecule has 0 radical (unpaired) electrons. The summed E-state index contributed by atoms with van der Waals surface area (Å²) in [5.41, 5.74) is 6.31. The van der Waals surface area contributed by atoms with Gasteiger partial charge in [-0.3, -0.25) is 0 Å². The Kier molecular flexibility index (Phi) is 7.13. The largest absolute Gasteiger partial charge is 0.480 e. The molecule has 5 N–H and O–H groups in total. The number of nitrogens with one attached hydrogen (secondary N) is 2. The fraction of sp³-hybridized carbons (Fsp3) is 0.429. The maximum Gasteiger partial charge on any atom is 0.326 e. The fourth-order valence-corrected chi connectivity index (χ4v) is 1.74. The molecule has 0 unspecified atom stereocenters. The molecular weight excluding hydrogens is 258 g/mol. The molecular formula is C14H21N3O3. The lowest BCUT2D eigenvalue weighted by Gasteiger charge is -2.15. The van der Waals surface area contributed by atoms with E-state index in [4.69, 9.17) is 10.8 Å². The molecule has 0 fully saturated rings. The van der Waals surface area contributed by atoms with E-state index >= 15 is 0 Å². The van der Waals surface area contributed by atoms with E-state index < -0.39 is 18.0 Å². The number of unbranched alkanes of at least 4 members (excludes halogenated alkanes) is 1. The van der Waals surface area contributed by atoms with E-state index in [9.17, 15) is 9.59 Å². The average molecular weight is 279 g/mol. The topological polar surface area (TPSA) is 104 Å². The number of carbonyl (C=O) groups is 2. The molecule has 1 atom stereocenters. The Morgan fingerprint density at radius 3 is 2.50 bits per heavy atom. The number of carbonyl (C=O) groups excluding carboxylic acids is 1. The van der Waals surface area contributed by atoms with Gasteiger partial charge in [0, 0.05) is 6.54 Å². The van der Waals surface area contributed by atoms with Crippen LogP contribution in [0.1, 0.15) is 24.8 Å². The molecule has 2 amide bonds. The molecule has 1 aromatic rings. The van der Waals surface area contributed by atoms with E-state index in [0.717, 1.165) is 12.0 Å². The van der Waals surface area contributed by atoms with Crippen molar-refractivity contribution in [3.8, 4) is 0 Å². The highest BCUT2D eigenvalue weighted by molar-refractivity contribution is 5.82. The normalized spacial score (nSPS) is 11.7. The summed E-state index contributed by atoms with van der Waals surface area (Å²) in [6.07, 6.45) is 1.80. The summed E-state index contributed by atoms with van der Waals surface area (Å²) < 4.78 is 0. The van der Waals surface area contributed by atoms with Gasteiger partial charge in [0.15, 0.2) is 0 Å². The van der Waals surface area contributed by atoms with Gasteiger partial charge in [0.1, 0.15) is 6.04 Å². The van der Waals surface area contributed by atoms with Crippen LogP contribution in [0.2, 0.25) is 0 Å². The number of rotatable bonds is 8. The van der Waals surface area contributed by atoms with Crippen LogP contribution in [-0.4, -0.2) is 29.7 Å². The molecule has 0 bridgehead atoms. The van der Waals surface area contributed by atoms with Gasteiger partial charge in [0.2, 0.25) is 0 Å². The predicted molar refractivity (Wildman–Crippen MR) is 76.1 cm³/mol. The quantitative estimate of drug-likeness (QED) is 0.534. The molecule has 0 saturated carbocycles. The molecule has 6 heteroatoms. The second kappa shape index (κ2) is 8.92. The third-order valence-electron chi connectivity index (χ3n) is 2.85. The van der Waals surface area contributed by atoms with Crippen LogP contribution < -0.4 is 16.4 Å². The molecule has 0 spiro atoms. The van der Waals surface area contributed by atoms with Crippen LogP contribution in [0.25, 0.3) is 0 Å². The minimum Gasteiger partial charge on any atom is -0.480 e. The molecule has 0 aliphatic rings. The summed E-state index contributed by atoms with van der Waals surface area (Å²) in [5.74, 6) is -1.03. The Bertz CT molecular complexity index is 423. The smallest absolute Gasteiger partial charge is 0.326 e. The molecule has 0 heterocycles. The summed E-state index contributed by atoms with van der Waals surface area (Å²) in [6, 6.07) is 8.06. The van der Waals surface area contributed by atoms with Gasteiger partial charge >= 0.3 is 12.0 Å². The van der Waals surface area contributed by atoms with Crippen LogP contribution >= 0.6 is 0 Å². The Labute approximate surface area is 118 Å². The number of carboxylic acid groups (broad SMARTS) is 1. The van der Waals surface area contributed by atoms with E-state index in [-0.39, 0.29) is 0 Å². The number of nitrogens with two attached hydrogens (primary N) is 1. The predicted octanol–water partition coefficient (Wildman–Crippen LogP) is 1.07. The number of carboxylic acids is 1. The fourth-order valence-electron chi connectivity index (χ4n) is 1.74. The van der Waals surface area contributed by atoms with Crippen LogP contribution in [0.15, 0.2) is 30.3 Å². The zero-order valence-corrected chi connectivity index (χ0v) is 11.3. The summed E-state index contributed by atoms with van der Waals surface area (Å²) in [5, 5.41) is 14.1. The minimum absolute atomic E-state index is 0.363. The van der Waals surface area contributed by atoms with Crippen molar-refractivity contribution in [2.45, 2.75) is 31.8 Å². The SMILES string of the molecule is NCCCC[C@@H](NC(=O)NCc1ccccc1)C(=O)O. The molecule has 0 aromatic heterocycles. The zero-order valence-electron chi connectivity index (χ0n) is 11.3. The molecule has 0 saturated heterocycles. The minimum atomic E-state index is -1.03. The molecule has 0 aliphatic carbocycles. The molecule has 1 aromatic carbocycles. The van der Waals surface area contributed by atoms with Gasteiger partial charge in [0.05, 0.1) is 0 Å². The van der Waals surface area contributed by atoms with Crippen molar-refractivity contribution in [1.29, 1.82) is 0 Å². The van der Waals surface area contributed by atoms with Crippen LogP contribution in [-0.2, 0) is 11.3 Å². The monoisotopic (exact) mass is 279 g/mol. The van der Waals surface area contributed by atoms with Crippen LogP contribution in [0.5, 0.6) is 0 Å². The Morgan fingerprint density at radius 2 is 1.90 bits per heavy atom. The molecule has 20 heavy (non-hydrogen) atoms. The van der Waals surface area contributed by atoms with Gasteiger partial charge in [0.25, 0.3) is 0 Å². The van der Waals surface area contributed by atoms with Crippen LogP contribution in [0.3, 0.4) is 0 Å². The van der Waals surface area contributed by atoms with Gasteiger partial charge in [-0.25, -0.2) is 9.59 Å². The highest BCUT2D eigenvalue weighted by Crippen LogP contribution is 2.01. The van der Waals surface area contributed by atoms with E-state index in [1.165, 1.54) is 0 Å².